The molecule has 0 saturated heterocycles. The molecule has 0 radical (unpaired) electrons. The molecule has 0 atom stereocenters. The van der Waals surface area contributed by atoms with Crippen LogP contribution < -0.4 is 5.32 Å². The highest BCUT2D eigenvalue weighted by Gasteiger charge is 2.00. The van der Waals surface area contributed by atoms with Crippen LogP contribution in [0.1, 0.15) is 5.56 Å². The van der Waals surface area contributed by atoms with Crippen LogP contribution in [0.4, 0.5) is 5.69 Å². The van der Waals surface area contributed by atoms with E-state index in [9.17, 15) is 0 Å². The maximum Gasteiger partial charge on any atom is 0.0379 e. The molecule has 0 aliphatic carbocycles. The second kappa shape index (κ2) is 3.76. The van der Waals surface area contributed by atoms with Gasteiger partial charge in [-0.05, 0) is 63.1 Å². The van der Waals surface area contributed by atoms with Crippen LogP contribution in [0.5, 0.6) is 0 Å². The van der Waals surface area contributed by atoms with Crippen molar-refractivity contribution < 1.29 is 0 Å². The van der Waals surface area contributed by atoms with Gasteiger partial charge in [-0.2, -0.15) is 0 Å². The Morgan fingerprint density at radius 3 is 2.64 bits per heavy atom. The zero-order chi connectivity index (χ0) is 8.43. The fourth-order valence-corrected chi connectivity index (χ4v) is 1.88. The Balaban J connectivity index is 3.21. The van der Waals surface area contributed by atoms with E-state index < -0.39 is 0 Å². The molecule has 1 aromatic rings. The van der Waals surface area contributed by atoms with Crippen LogP contribution in [0.25, 0.3) is 0 Å². The lowest BCUT2D eigenvalue weighted by Crippen LogP contribution is -1.92. The summed E-state index contributed by atoms with van der Waals surface area (Å²) in [6.45, 7) is 2.10. The van der Waals surface area contributed by atoms with Gasteiger partial charge in [0, 0.05) is 20.8 Å². The third-order valence-corrected chi connectivity index (χ3v) is 3.83. The molecule has 0 heterocycles. The van der Waals surface area contributed by atoms with Gasteiger partial charge in [-0.3, -0.25) is 0 Å². The molecule has 0 fully saturated rings. The quantitative estimate of drug-likeness (QED) is 0.780. The van der Waals surface area contributed by atoms with E-state index in [1.165, 1.54) is 14.8 Å². The summed E-state index contributed by atoms with van der Waals surface area (Å²) in [6.07, 6.45) is 0. The van der Waals surface area contributed by atoms with Crippen LogP contribution in [0, 0.1) is 10.5 Å². The molecule has 11 heavy (non-hydrogen) atoms. The number of anilines is 1. The van der Waals surface area contributed by atoms with Gasteiger partial charge in [-0.25, -0.2) is 0 Å². The second-order valence-corrected chi connectivity index (χ2v) is 4.35. The smallest absolute Gasteiger partial charge is 0.0379 e. The topological polar surface area (TPSA) is 12.0 Å². The van der Waals surface area contributed by atoms with E-state index in [0.29, 0.717) is 0 Å². The molecule has 0 aliphatic rings. The van der Waals surface area contributed by atoms with Gasteiger partial charge >= 0.3 is 0 Å². The minimum Gasteiger partial charge on any atom is -0.388 e. The van der Waals surface area contributed by atoms with Crippen molar-refractivity contribution in [3.63, 3.8) is 0 Å². The molecule has 0 bridgehead atoms. The lowest BCUT2D eigenvalue weighted by Gasteiger charge is -2.06. The lowest BCUT2D eigenvalue weighted by molar-refractivity contribution is 1.38. The van der Waals surface area contributed by atoms with Crippen molar-refractivity contribution in [2.75, 3.05) is 12.4 Å². The van der Waals surface area contributed by atoms with Crippen LogP contribution in [-0.4, -0.2) is 7.05 Å². The average molecular weight is 326 g/mol. The van der Waals surface area contributed by atoms with E-state index in [4.69, 9.17) is 0 Å². The Morgan fingerprint density at radius 1 is 1.45 bits per heavy atom. The third-order valence-electron chi connectivity index (χ3n) is 1.54. The minimum absolute atomic E-state index is 1.15. The van der Waals surface area contributed by atoms with Gasteiger partial charge in [-0.15, -0.1) is 0 Å². The Morgan fingerprint density at radius 2 is 2.09 bits per heavy atom. The van der Waals surface area contributed by atoms with Gasteiger partial charge in [0.1, 0.15) is 0 Å². The Bertz CT molecular complexity index is 273. The van der Waals surface area contributed by atoms with E-state index in [2.05, 4.69) is 62.9 Å². The molecule has 0 aromatic heterocycles. The summed E-state index contributed by atoms with van der Waals surface area (Å²) in [5.41, 5.74) is 2.46. The Hall–Kier alpha value is 0.230. The largest absolute Gasteiger partial charge is 0.388 e. The van der Waals surface area contributed by atoms with Crippen molar-refractivity contribution >= 4 is 44.2 Å². The van der Waals surface area contributed by atoms with Crippen molar-refractivity contribution in [2.24, 2.45) is 0 Å². The van der Waals surface area contributed by atoms with Crippen LogP contribution in [0.2, 0.25) is 0 Å². The fourth-order valence-electron chi connectivity index (χ4n) is 0.916. The van der Waals surface area contributed by atoms with Gasteiger partial charge in [0.2, 0.25) is 0 Å². The predicted molar refractivity (Wildman–Crippen MR) is 61.1 cm³/mol. The number of hydrogen-bond donors (Lipinski definition) is 1. The molecular formula is C8H9BrIN. The van der Waals surface area contributed by atoms with E-state index in [-0.39, 0.29) is 0 Å². The molecule has 60 valence electrons. The van der Waals surface area contributed by atoms with Gasteiger partial charge in [0.25, 0.3) is 0 Å². The van der Waals surface area contributed by atoms with E-state index >= 15 is 0 Å². The molecule has 0 spiro atoms. The summed E-state index contributed by atoms with van der Waals surface area (Å²) >= 11 is 5.78. The molecule has 1 rings (SSSR count). The molecule has 3 heteroatoms. The maximum atomic E-state index is 3.47. The average Bonchev–Trinajstić information content (AvgIpc) is 1.97. The van der Waals surface area contributed by atoms with Crippen LogP contribution >= 0.6 is 38.5 Å². The summed E-state index contributed by atoms with van der Waals surface area (Å²) in [7, 11) is 1.93. The van der Waals surface area contributed by atoms with E-state index in [1.54, 1.807) is 0 Å². The number of benzene rings is 1. The minimum atomic E-state index is 1.15. The van der Waals surface area contributed by atoms with Crippen molar-refractivity contribution in [1.82, 2.24) is 0 Å². The van der Waals surface area contributed by atoms with Crippen molar-refractivity contribution in [3.8, 4) is 0 Å². The summed E-state index contributed by atoms with van der Waals surface area (Å²) in [4.78, 5) is 0. The van der Waals surface area contributed by atoms with Crippen LogP contribution in [-0.2, 0) is 0 Å². The monoisotopic (exact) mass is 325 g/mol. The first kappa shape index (κ1) is 9.32. The highest BCUT2D eigenvalue weighted by atomic mass is 127. The van der Waals surface area contributed by atoms with Crippen molar-refractivity contribution in [1.29, 1.82) is 0 Å². The maximum absolute atomic E-state index is 3.47. The molecule has 1 N–H and O–H groups in total. The standard InChI is InChI=1S/C8H9BrIN/c1-5-3-7(10)6(9)4-8(5)11-2/h3-4,11H,1-2H3. The second-order valence-electron chi connectivity index (χ2n) is 2.33. The molecule has 0 aliphatic heterocycles. The van der Waals surface area contributed by atoms with Crippen molar-refractivity contribution in [2.45, 2.75) is 6.92 Å². The highest BCUT2D eigenvalue weighted by molar-refractivity contribution is 14.1. The molecular weight excluding hydrogens is 317 g/mol. The summed E-state index contributed by atoms with van der Waals surface area (Å²) in [5.74, 6) is 0. The first-order valence-electron chi connectivity index (χ1n) is 3.28. The summed E-state index contributed by atoms with van der Waals surface area (Å²) in [6, 6.07) is 4.24. The molecule has 0 amide bonds. The van der Waals surface area contributed by atoms with Crippen LogP contribution in [0.15, 0.2) is 16.6 Å². The van der Waals surface area contributed by atoms with Gasteiger partial charge in [0.05, 0.1) is 0 Å². The van der Waals surface area contributed by atoms with Gasteiger partial charge in [0.15, 0.2) is 0 Å². The predicted octanol–water partition coefficient (Wildman–Crippen LogP) is 3.40. The number of rotatable bonds is 1. The van der Waals surface area contributed by atoms with Gasteiger partial charge in [-0.1, -0.05) is 0 Å². The molecule has 1 aromatic carbocycles. The SMILES string of the molecule is CNc1cc(Br)c(I)cc1C. The first-order valence-corrected chi connectivity index (χ1v) is 5.15. The van der Waals surface area contributed by atoms with E-state index in [1.807, 2.05) is 7.05 Å². The van der Waals surface area contributed by atoms with Gasteiger partial charge < -0.3 is 5.32 Å². The normalized spacial score (nSPS) is 9.82. The molecule has 0 unspecified atom stereocenters. The lowest BCUT2D eigenvalue weighted by atomic mass is 10.2. The zero-order valence-electron chi connectivity index (χ0n) is 6.41. The fraction of sp³-hybridized carbons (Fsp3) is 0.250. The molecule has 1 nitrogen and oxygen atoms in total. The highest BCUT2D eigenvalue weighted by Crippen LogP contribution is 2.25. The molecule has 0 saturated carbocycles. The Labute approximate surface area is 88.8 Å². The van der Waals surface area contributed by atoms with Crippen molar-refractivity contribution in [3.05, 3.63) is 25.7 Å². The zero-order valence-corrected chi connectivity index (χ0v) is 10.2. The number of aryl methyl sites for hydroxylation is 1. The van der Waals surface area contributed by atoms with Crippen LogP contribution in [0.3, 0.4) is 0 Å². The number of halogens is 2. The number of hydrogen-bond acceptors (Lipinski definition) is 1. The first-order chi connectivity index (χ1) is 5.15. The Kier molecular flexibility index (Phi) is 3.18. The summed E-state index contributed by atoms with van der Waals surface area (Å²) in [5, 5.41) is 3.13. The number of nitrogens with one attached hydrogen (secondary N) is 1. The van der Waals surface area contributed by atoms with E-state index in [0.717, 1.165) is 4.47 Å². The summed E-state index contributed by atoms with van der Waals surface area (Å²) < 4.78 is 2.40. The third kappa shape index (κ3) is 2.08.